The van der Waals surface area contributed by atoms with Crippen molar-refractivity contribution in [3.63, 3.8) is 0 Å². The number of nitrogens with zero attached hydrogens (tertiary/aromatic N) is 3. The van der Waals surface area contributed by atoms with Crippen LogP contribution in [0.5, 0.6) is 5.75 Å². The summed E-state index contributed by atoms with van der Waals surface area (Å²) >= 11 is 0. The molecule has 0 radical (unpaired) electrons. The number of halogens is 1. The van der Waals surface area contributed by atoms with Crippen molar-refractivity contribution in [3.8, 4) is 5.75 Å². The average Bonchev–Trinajstić information content (AvgIpc) is 3.15. The zero-order valence-electron chi connectivity index (χ0n) is 15.7. The first kappa shape index (κ1) is 18.9. The molecule has 2 aliphatic heterocycles. The maximum Gasteiger partial charge on any atom is 0.193 e. The van der Waals surface area contributed by atoms with Crippen LogP contribution in [-0.4, -0.2) is 74.8 Å². The van der Waals surface area contributed by atoms with Gasteiger partial charge in [-0.05, 0) is 31.0 Å². The lowest BCUT2D eigenvalue weighted by Gasteiger charge is -2.32. The molecule has 0 amide bonds. The van der Waals surface area contributed by atoms with Gasteiger partial charge in [0.25, 0.3) is 0 Å². The summed E-state index contributed by atoms with van der Waals surface area (Å²) in [6.45, 7) is 8.47. The molecule has 1 aromatic rings. The minimum absolute atomic E-state index is 0.300. The molecule has 2 saturated heterocycles. The lowest BCUT2D eigenvalue weighted by Crippen LogP contribution is -2.46. The molecule has 0 saturated carbocycles. The molecule has 1 atom stereocenters. The van der Waals surface area contributed by atoms with E-state index < -0.39 is 0 Å². The minimum atomic E-state index is -0.324. The fraction of sp³-hybridized carbons (Fsp3) is 0.632. The van der Waals surface area contributed by atoms with E-state index in [1.54, 1.807) is 13.1 Å². The molecule has 6 nitrogen and oxygen atoms in total. The summed E-state index contributed by atoms with van der Waals surface area (Å²) in [4.78, 5) is 9.20. The Hall–Kier alpha value is -1.86. The maximum atomic E-state index is 14.0. The normalized spacial score (nSPS) is 21.9. The molecule has 26 heavy (non-hydrogen) atoms. The van der Waals surface area contributed by atoms with Crippen molar-refractivity contribution >= 4 is 5.96 Å². The summed E-state index contributed by atoms with van der Waals surface area (Å²) in [5.41, 5.74) is 0.871. The molecule has 1 N–H and O–H groups in total. The first-order valence-corrected chi connectivity index (χ1v) is 9.40. The van der Waals surface area contributed by atoms with E-state index in [2.05, 4.69) is 20.1 Å². The van der Waals surface area contributed by atoms with Gasteiger partial charge in [0, 0.05) is 45.8 Å². The van der Waals surface area contributed by atoms with Crippen molar-refractivity contribution in [2.24, 2.45) is 4.99 Å². The molecule has 2 aliphatic rings. The summed E-state index contributed by atoms with van der Waals surface area (Å²) < 4.78 is 24.7. The molecule has 144 valence electrons. The van der Waals surface area contributed by atoms with Crippen molar-refractivity contribution in [1.82, 2.24) is 15.1 Å². The standard InChI is InChI=1S/C19H29FN4O2/c1-3-26-18-5-4-15(12-17(18)20)13-22-19(21-2)24-7-6-16(14-24)23-8-10-25-11-9-23/h4-5,12,16H,3,6-11,13-14H2,1-2H3,(H,21,22). The number of guanidine groups is 1. The zero-order valence-corrected chi connectivity index (χ0v) is 15.7. The molecule has 3 rings (SSSR count). The van der Waals surface area contributed by atoms with Gasteiger partial charge in [-0.25, -0.2) is 4.39 Å². The summed E-state index contributed by atoms with van der Waals surface area (Å²) in [7, 11) is 1.79. The van der Waals surface area contributed by atoms with E-state index in [0.717, 1.165) is 57.3 Å². The lowest BCUT2D eigenvalue weighted by molar-refractivity contribution is 0.0195. The van der Waals surface area contributed by atoms with E-state index in [1.165, 1.54) is 6.07 Å². The van der Waals surface area contributed by atoms with Crippen molar-refractivity contribution in [2.45, 2.75) is 25.9 Å². The van der Waals surface area contributed by atoms with Gasteiger partial charge in [-0.2, -0.15) is 0 Å². The van der Waals surface area contributed by atoms with Gasteiger partial charge in [0.1, 0.15) is 0 Å². The Bertz CT molecular complexity index is 620. The Kier molecular flexibility index (Phi) is 6.68. The number of likely N-dealkylation sites (tertiary alicyclic amines) is 1. The molecule has 1 unspecified atom stereocenters. The third-order valence-electron chi connectivity index (χ3n) is 4.98. The topological polar surface area (TPSA) is 49.3 Å². The van der Waals surface area contributed by atoms with Crippen LogP contribution < -0.4 is 10.1 Å². The van der Waals surface area contributed by atoms with Gasteiger partial charge < -0.3 is 19.7 Å². The van der Waals surface area contributed by atoms with E-state index in [-0.39, 0.29) is 5.82 Å². The second-order valence-corrected chi connectivity index (χ2v) is 6.64. The van der Waals surface area contributed by atoms with Crippen LogP contribution in [0.4, 0.5) is 4.39 Å². The van der Waals surface area contributed by atoms with Gasteiger partial charge in [-0.15, -0.1) is 0 Å². The van der Waals surface area contributed by atoms with E-state index in [1.807, 2.05) is 13.0 Å². The van der Waals surface area contributed by atoms with Crippen molar-refractivity contribution in [1.29, 1.82) is 0 Å². The smallest absolute Gasteiger partial charge is 0.193 e. The Morgan fingerprint density at radius 1 is 1.35 bits per heavy atom. The maximum absolute atomic E-state index is 14.0. The van der Waals surface area contributed by atoms with Gasteiger partial charge >= 0.3 is 0 Å². The van der Waals surface area contributed by atoms with Gasteiger partial charge in [-0.1, -0.05) is 6.07 Å². The predicted octanol–water partition coefficient (Wildman–Crippen LogP) is 1.71. The highest BCUT2D eigenvalue weighted by Crippen LogP contribution is 2.19. The molecular weight excluding hydrogens is 335 g/mol. The highest BCUT2D eigenvalue weighted by atomic mass is 19.1. The summed E-state index contributed by atoms with van der Waals surface area (Å²) in [5, 5.41) is 3.36. The monoisotopic (exact) mass is 364 g/mol. The SMILES string of the molecule is CCOc1ccc(CNC(=NC)N2CCC(N3CCOCC3)C2)cc1F. The van der Waals surface area contributed by atoms with Crippen LogP contribution in [0.15, 0.2) is 23.2 Å². The van der Waals surface area contributed by atoms with Gasteiger partial charge in [-0.3, -0.25) is 9.89 Å². The number of morpholine rings is 1. The molecule has 0 aromatic heterocycles. The van der Waals surface area contributed by atoms with Crippen molar-refractivity contribution in [2.75, 3.05) is 53.0 Å². The predicted molar refractivity (Wildman–Crippen MR) is 100 cm³/mol. The molecule has 0 spiro atoms. The summed E-state index contributed by atoms with van der Waals surface area (Å²) in [6, 6.07) is 5.64. The zero-order chi connectivity index (χ0) is 18.4. The second kappa shape index (κ2) is 9.19. The Morgan fingerprint density at radius 3 is 2.85 bits per heavy atom. The van der Waals surface area contributed by atoms with Gasteiger partial charge in [0.05, 0.1) is 19.8 Å². The van der Waals surface area contributed by atoms with Crippen LogP contribution in [0.1, 0.15) is 18.9 Å². The lowest BCUT2D eigenvalue weighted by atomic mass is 10.2. The molecule has 7 heteroatoms. The van der Waals surface area contributed by atoms with Crippen molar-refractivity contribution in [3.05, 3.63) is 29.6 Å². The van der Waals surface area contributed by atoms with E-state index in [9.17, 15) is 4.39 Å². The average molecular weight is 364 g/mol. The van der Waals surface area contributed by atoms with E-state index in [0.29, 0.717) is 24.9 Å². The summed E-state index contributed by atoms with van der Waals surface area (Å²) in [5.74, 6) is 0.846. The Morgan fingerprint density at radius 2 is 2.15 bits per heavy atom. The minimum Gasteiger partial charge on any atom is -0.491 e. The largest absolute Gasteiger partial charge is 0.491 e. The van der Waals surface area contributed by atoms with Crippen LogP contribution in [0, 0.1) is 5.82 Å². The number of hydrogen-bond donors (Lipinski definition) is 1. The fourth-order valence-electron chi connectivity index (χ4n) is 3.62. The fourth-order valence-corrected chi connectivity index (χ4v) is 3.62. The van der Waals surface area contributed by atoms with Crippen molar-refractivity contribution < 1.29 is 13.9 Å². The van der Waals surface area contributed by atoms with Crippen LogP contribution in [0.2, 0.25) is 0 Å². The van der Waals surface area contributed by atoms with E-state index >= 15 is 0 Å². The van der Waals surface area contributed by atoms with Gasteiger partial charge in [0.2, 0.25) is 0 Å². The van der Waals surface area contributed by atoms with Crippen LogP contribution in [0.3, 0.4) is 0 Å². The van der Waals surface area contributed by atoms with Crippen LogP contribution in [-0.2, 0) is 11.3 Å². The number of ether oxygens (including phenoxy) is 2. The Labute approximate surface area is 155 Å². The third kappa shape index (κ3) is 4.65. The number of rotatable bonds is 5. The first-order valence-electron chi connectivity index (χ1n) is 9.40. The van der Waals surface area contributed by atoms with E-state index in [4.69, 9.17) is 9.47 Å². The summed E-state index contributed by atoms with van der Waals surface area (Å²) in [6.07, 6.45) is 1.14. The van der Waals surface area contributed by atoms with Gasteiger partial charge in [0.15, 0.2) is 17.5 Å². The molecule has 0 aliphatic carbocycles. The molecule has 1 aromatic carbocycles. The van der Waals surface area contributed by atoms with Crippen LogP contribution >= 0.6 is 0 Å². The molecule has 2 fully saturated rings. The molecule has 2 heterocycles. The highest BCUT2D eigenvalue weighted by molar-refractivity contribution is 5.80. The molecule has 0 bridgehead atoms. The number of aliphatic imine (C=N–C) groups is 1. The third-order valence-corrected chi connectivity index (χ3v) is 4.98. The quantitative estimate of drug-likeness (QED) is 0.637. The number of benzene rings is 1. The van der Waals surface area contributed by atoms with Crippen LogP contribution in [0.25, 0.3) is 0 Å². The first-order chi connectivity index (χ1) is 12.7. The second-order valence-electron chi connectivity index (χ2n) is 6.64. The Balaban J connectivity index is 1.53. The number of nitrogens with one attached hydrogen (secondary N) is 1. The molecular formula is C19H29FN4O2. The highest BCUT2D eigenvalue weighted by Gasteiger charge is 2.30. The number of hydrogen-bond acceptors (Lipinski definition) is 4.